The molecule has 8 heteroatoms. The van der Waals surface area contributed by atoms with Gasteiger partial charge < -0.3 is 19.9 Å². The van der Waals surface area contributed by atoms with Gasteiger partial charge in [-0.1, -0.05) is 12.1 Å². The summed E-state index contributed by atoms with van der Waals surface area (Å²) < 4.78 is 10.2. The first-order chi connectivity index (χ1) is 12.6. The largest absolute Gasteiger partial charge is 0.495 e. The maximum Gasteiger partial charge on any atom is 0.341 e. The number of hydrazone groups is 1. The first-order valence-electron chi connectivity index (χ1n) is 7.72. The summed E-state index contributed by atoms with van der Waals surface area (Å²) in [6, 6.07) is 13.9. The molecular weight excluding hydrogens is 338 g/mol. The van der Waals surface area contributed by atoms with Crippen LogP contribution in [0.15, 0.2) is 53.6 Å². The summed E-state index contributed by atoms with van der Waals surface area (Å²) in [6.45, 7) is -0.359. The predicted octanol–water partition coefficient (Wildman–Crippen LogP) is 1.72. The van der Waals surface area contributed by atoms with Crippen molar-refractivity contribution in [1.82, 2.24) is 5.43 Å². The number of para-hydroxylation sites is 2. The number of carboxylic acid groups (broad SMARTS) is 1. The fourth-order valence-corrected chi connectivity index (χ4v) is 1.98. The quantitative estimate of drug-likeness (QED) is 0.466. The van der Waals surface area contributed by atoms with Gasteiger partial charge in [-0.25, -0.2) is 10.2 Å². The van der Waals surface area contributed by atoms with E-state index in [0.29, 0.717) is 17.2 Å². The van der Waals surface area contributed by atoms with Crippen LogP contribution in [0.5, 0.6) is 11.5 Å². The SMILES string of the molecule is COc1ccccc1NCC(=O)N/N=C/c1ccc(OCC(=O)O)cc1. The predicted molar refractivity (Wildman–Crippen MR) is 96.8 cm³/mol. The van der Waals surface area contributed by atoms with Crippen LogP contribution in [-0.4, -0.2) is 43.5 Å². The molecule has 0 aliphatic rings. The van der Waals surface area contributed by atoms with E-state index in [-0.39, 0.29) is 12.5 Å². The van der Waals surface area contributed by atoms with E-state index in [0.717, 1.165) is 5.56 Å². The molecular formula is C18H19N3O5. The summed E-state index contributed by atoms with van der Waals surface area (Å²) in [5.74, 6) is -0.266. The van der Waals surface area contributed by atoms with Gasteiger partial charge >= 0.3 is 5.97 Å². The first kappa shape index (κ1) is 18.8. The summed E-state index contributed by atoms with van der Waals surface area (Å²) in [4.78, 5) is 22.2. The van der Waals surface area contributed by atoms with Crippen molar-refractivity contribution in [2.75, 3.05) is 25.6 Å². The van der Waals surface area contributed by atoms with Gasteiger partial charge in [0.05, 0.1) is 25.6 Å². The van der Waals surface area contributed by atoms with Gasteiger partial charge in [0, 0.05) is 0 Å². The molecule has 8 nitrogen and oxygen atoms in total. The minimum atomic E-state index is -1.04. The molecule has 0 aromatic heterocycles. The van der Waals surface area contributed by atoms with Crippen molar-refractivity contribution in [1.29, 1.82) is 0 Å². The number of methoxy groups -OCH3 is 1. The third kappa shape index (κ3) is 6.16. The number of amides is 1. The van der Waals surface area contributed by atoms with Crippen molar-refractivity contribution < 1.29 is 24.2 Å². The monoisotopic (exact) mass is 357 g/mol. The number of carboxylic acids is 1. The van der Waals surface area contributed by atoms with Gasteiger partial charge in [0.1, 0.15) is 11.5 Å². The lowest BCUT2D eigenvalue weighted by atomic mass is 10.2. The normalized spacial score (nSPS) is 10.3. The van der Waals surface area contributed by atoms with Crippen molar-refractivity contribution in [3.63, 3.8) is 0 Å². The zero-order valence-corrected chi connectivity index (χ0v) is 14.1. The van der Waals surface area contributed by atoms with Crippen LogP contribution in [0.4, 0.5) is 5.69 Å². The number of benzene rings is 2. The van der Waals surface area contributed by atoms with Crippen molar-refractivity contribution in [3.05, 3.63) is 54.1 Å². The average molecular weight is 357 g/mol. The highest BCUT2D eigenvalue weighted by Gasteiger charge is 2.04. The first-order valence-corrected chi connectivity index (χ1v) is 7.72. The fraction of sp³-hybridized carbons (Fsp3) is 0.167. The van der Waals surface area contributed by atoms with Gasteiger partial charge in [0.15, 0.2) is 6.61 Å². The lowest BCUT2D eigenvalue weighted by molar-refractivity contribution is -0.139. The third-order valence-electron chi connectivity index (χ3n) is 3.19. The molecule has 2 rings (SSSR count). The molecule has 26 heavy (non-hydrogen) atoms. The highest BCUT2D eigenvalue weighted by atomic mass is 16.5. The number of carbonyl (C=O) groups excluding carboxylic acids is 1. The van der Waals surface area contributed by atoms with Gasteiger partial charge in [-0.15, -0.1) is 0 Å². The molecule has 0 heterocycles. The third-order valence-corrected chi connectivity index (χ3v) is 3.19. The molecule has 3 N–H and O–H groups in total. The van der Waals surface area contributed by atoms with E-state index >= 15 is 0 Å². The zero-order valence-electron chi connectivity index (χ0n) is 14.1. The summed E-state index contributed by atoms with van der Waals surface area (Å²) >= 11 is 0. The van der Waals surface area contributed by atoms with E-state index in [1.807, 2.05) is 18.2 Å². The second-order valence-electron chi connectivity index (χ2n) is 5.10. The van der Waals surface area contributed by atoms with Crippen molar-refractivity contribution in [2.45, 2.75) is 0 Å². The molecule has 0 saturated carbocycles. The fourth-order valence-electron chi connectivity index (χ4n) is 1.98. The lowest BCUT2D eigenvalue weighted by Crippen LogP contribution is -2.26. The molecule has 0 bridgehead atoms. The Morgan fingerprint density at radius 3 is 2.58 bits per heavy atom. The number of hydrogen-bond donors (Lipinski definition) is 3. The van der Waals surface area contributed by atoms with Crippen LogP contribution in [0.2, 0.25) is 0 Å². The number of anilines is 1. The number of rotatable bonds is 9. The average Bonchev–Trinajstić information content (AvgIpc) is 2.66. The summed E-state index contributed by atoms with van der Waals surface area (Å²) in [5, 5.41) is 15.4. The molecule has 0 atom stereocenters. The Labute approximate surface area is 150 Å². The van der Waals surface area contributed by atoms with E-state index in [9.17, 15) is 9.59 Å². The number of hydrogen-bond acceptors (Lipinski definition) is 6. The molecule has 2 aromatic carbocycles. The Balaban J connectivity index is 1.78. The van der Waals surface area contributed by atoms with Crippen LogP contribution < -0.4 is 20.2 Å². The zero-order chi connectivity index (χ0) is 18.8. The van der Waals surface area contributed by atoms with E-state index in [2.05, 4.69) is 15.8 Å². The molecule has 0 aliphatic heterocycles. The highest BCUT2D eigenvalue weighted by molar-refractivity contribution is 5.84. The molecule has 0 saturated heterocycles. The van der Waals surface area contributed by atoms with Crippen LogP contribution >= 0.6 is 0 Å². The number of nitrogens with zero attached hydrogens (tertiary/aromatic N) is 1. The maximum absolute atomic E-state index is 11.8. The standard InChI is InChI=1S/C18H19N3O5/c1-25-16-5-3-2-4-15(16)19-11-17(22)21-20-10-13-6-8-14(9-7-13)26-12-18(23)24/h2-10,19H,11-12H2,1H3,(H,21,22)(H,23,24)/b20-10+. The van der Waals surface area contributed by atoms with Crippen LogP contribution in [0.25, 0.3) is 0 Å². The highest BCUT2D eigenvalue weighted by Crippen LogP contribution is 2.22. The minimum Gasteiger partial charge on any atom is -0.495 e. The van der Waals surface area contributed by atoms with Gasteiger partial charge in [0.2, 0.25) is 0 Å². The van der Waals surface area contributed by atoms with E-state index in [1.54, 1.807) is 37.4 Å². The Morgan fingerprint density at radius 1 is 1.15 bits per heavy atom. The van der Waals surface area contributed by atoms with Crippen molar-refractivity contribution >= 4 is 23.8 Å². The van der Waals surface area contributed by atoms with Gasteiger partial charge in [-0.3, -0.25) is 4.79 Å². The maximum atomic E-state index is 11.8. The van der Waals surface area contributed by atoms with Crippen molar-refractivity contribution in [3.8, 4) is 11.5 Å². The van der Waals surface area contributed by atoms with Crippen LogP contribution in [-0.2, 0) is 9.59 Å². The van der Waals surface area contributed by atoms with Gasteiger partial charge in [0.25, 0.3) is 5.91 Å². The molecule has 0 unspecified atom stereocenters. The number of aliphatic carboxylic acids is 1. The van der Waals surface area contributed by atoms with E-state index in [4.69, 9.17) is 14.6 Å². The Bertz CT molecular complexity index is 775. The van der Waals surface area contributed by atoms with E-state index in [1.165, 1.54) is 6.21 Å². The second kappa shape index (κ2) is 9.67. The summed E-state index contributed by atoms with van der Waals surface area (Å²) in [5.41, 5.74) is 3.85. The molecule has 2 aromatic rings. The Kier molecular flexibility index (Phi) is 6.99. The molecule has 0 aliphatic carbocycles. The molecule has 0 spiro atoms. The Morgan fingerprint density at radius 2 is 1.88 bits per heavy atom. The van der Waals surface area contributed by atoms with Gasteiger partial charge in [-0.05, 0) is 42.0 Å². The van der Waals surface area contributed by atoms with Crippen LogP contribution in [0.1, 0.15) is 5.56 Å². The van der Waals surface area contributed by atoms with Crippen molar-refractivity contribution in [2.24, 2.45) is 5.10 Å². The summed E-state index contributed by atoms with van der Waals surface area (Å²) in [6.07, 6.45) is 1.47. The number of ether oxygens (including phenoxy) is 2. The van der Waals surface area contributed by atoms with Gasteiger partial charge in [-0.2, -0.15) is 5.10 Å². The molecule has 1 amide bonds. The minimum absolute atomic E-state index is 0.0413. The summed E-state index contributed by atoms with van der Waals surface area (Å²) in [7, 11) is 1.56. The van der Waals surface area contributed by atoms with E-state index < -0.39 is 12.6 Å². The molecule has 0 radical (unpaired) electrons. The lowest BCUT2D eigenvalue weighted by Gasteiger charge is -2.09. The van der Waals surface area contributed by atoms with Crippen LogP contribution in [0, 0.1) is 0 Å². The number of nitrogens with one attached hydrogen (secondary N) is 2. The van der Waals surface area contributed by atoms with Crippen LogP contribution in [0.3, 0.4) is 0 Å². The smallest absolute Gasteiger partial charge is 0.341 e. The second-order valence-corrected chi connectivity index (χ2v) is 5.10. The Hall–Kier alpha value is -3.55. The topological polar surface area (TPSA) is 109 Å². The number of carbonyl (C=O) groups is 2. The molecule has 0 fully saturated rings. The molecule has 136 valence electrons.